The van der Waals surface area contributed by atoms with Crippen molar-refractivity contribution in [2.24, 2.45) is 0 Å². The number of benzene rings is 1. The molecule has 0 spiro atoms. The van der Waals surface area contributed by atoms with E-state index in [9.17, 15) is 13.2 Å². The predicted octanol–water partition coefficient (Wildman–Crippen LogP) is 3.90. The van der Waals surface area contributed by atoms with Gasteiger partial charge in [0.1, 0.15) is 0 Å². The summed E-state index contributed by atoms with van der Waals surface area (Å²) in [5.74, 6) is 0. The molecule has 1 saturated heterocycles. The van der Waals surface area contributed by atoms with Gasteiger partial charge in [0.05, 0.1) is 16.8 Å². The highest BCUT2D eigenvalue weighted by Gasteiger charge is 2.52. The van der Waals surface area contributed by atoms with E-state index in [0.29, 0.717) is 10.8 Å². The van der Waals surface area contributed by atoms with E-state index in [1.54, 1.807) is 0 Å². The van der Waals surface area contributed by atoms with Gasteiger partial charge in [0.15, 0.2) is 0 Å². The maximum atomic E-state index is 12.9. The molecule has 1 fully saturated rings. The van der Waals surface area contributed by atoms with E-state index in [1.165, 1.54) is 6.07 Å². The number of hydrogen-bond donors (Lipinski definition) is 0. The van der Waals surface area contributed by atoms with Gasteiger partial charge in [-0.25, -0.2) is 0 Å². The molecule has 0 aliphatic carbocycles. The minimum absolute atomic E-state index is 0.417. The summed E-state index contributed by atoms with van der Waals surface area (Å²) in [5.41, 5.74) is -0.732. The number of hydrogen-bond acceptors (Lipinski definition) is 2. The molecule has 0 amide bonds. The maximum absolute atomic E-state index is 12.9. The number of rotatable bonds is 2. The predicted molar refractivity (Wildman–Crippen MR) is 79.8 cm³/mol. The summed E-state index contributed by atoms with van der Waals surface area (Å²) in [4.78, 5) is 0. The highest BCUT2D eigenvalue weighted by atomic mass is 79.9. The molecule has 0 saturated carbocycles. The topological polar surface area (TPSA) is 18.5 Å². The Morgan fingerprint density at radius 1 is 1.10 bits per heavy atom. The molecule has 0 N–H and O–H groups in total. The van der Waals surface area contributed by atoms with Crippen molar-refractivity contribution >= 4 is 28.5 Å². The summed E-state index contributed by atoms with van der Waals surface area (Å²) in [6.45, 7) is 7.48. The van der Waals surface area contributed by atoms with E-state index in [1.807, 2.05) is 27.7 Å². The minimum atomic E-state index is -4.39. The van der Waals surface area contributed by atoms with Crippen LogP contribution in [-0.2, 0) is 20.8 Å². The van der Waals surface area contributed by atoms with Crippen LogP contribution in [0.15, 0.2) is 18.2 Å². The summed E-state index contributed by atoms with van der Waals surface area (Å²) in [7, 11) is -0.801. The van der Waals surface area contributed by atoms with Crippen molar-refractivity contribution < 1.29 is 22.5 Å². The lowest BCUT2D eigenvalue weighted by Gasteiger charge is -2.32. The zero-order valence-corrected chi connectivity index (χ0v) is 13.9. The number of alkyl halides is 4. The Hall–Kier alpha value is -0.525. The van der Waals surface area contributed by atoms with Crippen molar-refractivity contribution in [3.05, 3.63) is 29.3 Å². The lowest BCUT2D eigenvalue weighted by molar-refractivity contribution is -0.137. The van der Waals surface area contributed by atoms with Crippen LogP contribution in [0.4, 0.5) is 13.2 Å². The van der Waals surface area contributed by atoms with Crippen LogP contribution in [-0.4, -0.2) is 18.3 Å². The molecule has 1 aliphatic heterocycles. The third-order valence-electron chi connectivity index (χ3n) is 4.12. The molecule has 0 bridgehead atoms. The average Bonchev–Trinajstić information content (AvgIpc) is 2.56. The molecule has 1 heterocycles. The molecule has 0 atom stereocenters. The van der Waals surface area contributed by atoms with Gasteiger partial charge in [-0.3, -0.25) is 0 Å². The molecule has 7 heteroatoms. The quantitative estimate of drug-likeness (QED) is 0.585. The van der Waals surface area contributed by atoms with Gasteiger partial charge >= 0.3 is 13.3 Å². The van der Waals surface area contributed by atoms with Crippen LogP contribution in [0.5, 0.6) is 0 Å². The Balaban J connectivity index is 2.44. The van der Waals surface area contributed by atoms with Crippen LogP contribution in [0.3, 0.4) is 0 Å². The van der Waals surface area contributed by atoms with Crippen molar-refractivity contribution in [2.75, 3.05) is 0 Å². The van der Waals surface area contributed by atoms with E-state index in [-0.39, 0.29) is 0 Å². The first kappa shape index (κ1) is 16.8. The van der Waals surface area contributed by atoms with E-state index in [0.717, 1.165) is 17.7 Å². The monoisotopic (exact) mass is 364 g/mol. The van der Waals surface area contributed by atoms with Crippen molar-refractivity contribution in [1.82, 2.24) is 0 Å². The molecule has 2 rings (SSSR count). The molecule has 1 aromatic carbocycles. The highest BCUT2D eigenvalue weighted by Crippen LogP contribution is 2.37. The fourth-order valence-corrected chi connectivity index (χ4v) is 2.59. The standard InChI is InChI=1S/C14H17BBrF3O2/c1-12(2)13(3,4)21-15(20-12)11-7-10(14(17,18)19)6-5-9(11)8-16/h5-7H,8H2,1-4H3. The second-order valence-electron chi connectivity index (χ2n) is 6.13. The van der Waals surface area contributed by atoms with E-state index in [4.69, 9.17) is 9.31 Å². The van der Waals surface area contributed by atoms with Crippen LogP contribution in [0.1, 0.15) is 38.8 Å². The fraction of sp³-hybridized carbons (Fsp3) is 0.571. The van der Waals surface area contributed by atoms with Gasteiger partial charge in [-0.05, 0) is 50.9 Å². The molecule has 21 heavy (non-hydrogen) atoms. The van der Waals surface area contributed by atoms with E-state index < -0.39 is 30.1 Å². The largest absolute Gasteiger partial charge is 0.495 e. The molecule has 116 valence electrons. The smallest absolute Gasteiger partial charge is 0.399 e. The zero-order chi connectivity index (χ0) is 16.1. The summed E-state index contributed by atoms with van der Waals surface area (Å²) < 4.78 is 50.4. The van der Waals surface area contributed by atoms with Gasteiger partial charge < -0.3 is 9.31 Å². The second-order valence-corrected chi connectivity index (χ2v) is 6.69. The number of halogens is 4. The van der Waals surface area contributed by atoms with E-state index in [2.05, 4.69) is 15.9 Å². The Kier molecular flexibility index (Phi) is 4.24. The third kappa shape index (κ3) is 3.15. The molecule has 1 aromatic rings. The summed E-state index contributed by atoms with van der Waals surface area (Å²) >= 11 is 3.30. The van der Waals surface area contributed by atoms with Crippen LogP contribution < -0.4 is 5.46 Å². The Labute approximate surface area is 131 Å². The van der Waals surface area contributed by atoms with Gasteiger partial charge in [-0.1, -0.05) is 22.0 Å². The molecular formula is C14H17BBrF3O2. The molecule has 0 unspecified atom stereocenters. The van der Waals surface area contributed by atoms with Gasteiger partial charge in [0.2, 0.25) is 0 Å². The summed E-state index contributed by atoms with van der Waals surface area (Å²) in [5, 5.41) is 0.435. The highest BCUT2D eigenvalue weighted by molar-refractivity contribution is 9.08. The molecule has 1 aliphatic rings. The zero-order valence-electron chi connectivity index (χ0n) is 12.3. The van der Waals surface area contributed by atoms with Crippen molar-refractivity contribution in [3.63, 3.8) is 0 Å². The third-order valence-corrected chi connectivity index (χ3v) is 4.73. The van der Waals surface area contributed by atoms with Gasteiger partial charge in [-0.2, -0.15) is 13.2 Å². The Bertz CT molecular complexity index is 528. The Morgan fingerprint density at radius 2 is 1.62 bits per heavy atom. The van der Waals surface area contributed by atoms with Crippen LogP contribution in [0, 0.1) is 0 Å². The summed E-state index contributed by atoms with van der Waals surface area (Å²) in [6, 6.07) is 3.64. The van der Waals surface area contributed by atoms with Crippen LogP contribution in [0.2, 0.25) is 0 Å². The Morgan fingerprint density at radius 3 is 2.05 bits per heavy atom. The lowest BCUT2D eigenvalue weighted by atomic mass is 9.75. The minimum Gasteiger partial charge on any atom is -0.399 e. The molecule has 2 nitrogen and oxygen atoms in total. The maximum Gasteiger partial charge on any atom is 0.495 e. The first-order valence-corrected chi connectivity index (χ1v) is 7.72. The molecule has 0 radical (unpaired) electrons. The molecule has 0 aromatic heterocycles. The van der Waals surface area contributed by atoms with Crippen LogP contribution in [0.25, 0.3) is 0 Å². The summed E-state index contributed by atoms with van der Waals surface area (Å²) in [6.07, 6.45) is -4.39. The first-order chi connectivity index (χ1) is 9.48. The van der Waals surface area contributed by atoms with Crippen molar-refractivity contribution in [2.45, 2.75) is 50.4 Å². The SMILES string of the molecule is CC1(C)OB(c2cc(C(F)(F)F)ccc2CBr)OC1(C)C. The van der Waals surface area contributed by atoms with Gasteiger partial charge in [0, 0.05) is 5.33 Å². The second kappa shape index (κ2) is 5.28. The first-order valence-electron chi connectivity index (χ1n) is 6.59. The lowest BCUT2D eigenvalue weighted by Crippen LogP contribution is -2.41. The average molecular weight is 365 g/mol. The van der Waals surface area contributed by atoms with Gasteiger partial charge in [0.25, 0.3) is 0 Å². The van der Waals surface area contributed by atoms with Crippen molar-refractivity contribution in [1.29, 1.82) is 0 Å². The van der Waals surface area contributed by atoms with Gasteiger partial charge in [-0.15, -0.1) is 0 Å². The van der Waals surface area contributed by atoms with Crippen LogP contribution >= 0.6 is 15.9 Å². The van der Waals surface area contributed by atoms with E-state index >= 15 is 0 Å². The van der Waals surface area contributed by atoms with Crippen molar-refractivity contribution in [3.8, 4) is 0 Å². The molecular weight excluding hydrogens is 348 g/mol. The normalized spacial score (nSPS) is 20.9. The fourth-order valence-electron chi connectivity index (χ4n) is 2.08.